The standard InChI is InChI=1S/C15H21N3O/c1-11(2)8-17-9-13-5-3-4-12-6-7-18(15(12)13)10-14(16)19/h3-7,11,17H,8-10H2,1-2H3,(H2,16,19). The second-order valence-corrected chi connectivity index (χ2v) is 5.29. The molecule has 0 bridgehead atoms. The Balaban J connectivity index is 2.26. The van der Waals surface area contributed by atoms with E-state index < -0.39 is 0 Å². The highest BCUT2D eigenvalue weighted by molar-refractivity contribution is 5.85. The fourth-order valence-electron chi connectivity index (χ4n) is 2.28. The van der Waals surface area contributed by atoms with Crippen molar-refractivity contribution in [1.82, 2.24) is 9.88 Å². The van der Waals surface area contributed by atoms with Gasteiger partial charge in [0.05, 0.1) is 5.52 Å². The van der Waals surface area contributed by atoms with Crippen molar-refractivity contribution in [2.24, 2.45) is 11.7 Å². The Labute approximate surface area is 113 Å². The van der Waals surface area contributed by atoms with E-state index in [0.717, 1.165) is 24.0 Å². The molecular formula is C15H21N3O. The van der Waals surface area contributed by atoms with Gasteiger partial charge in [-0.15, -0.1) is 0 Å². The molecule has 0 radical (unpaired) electrons. The quantitative estimate of drug-likeness (QED) is 0.832. The summed E-state index contributed by atoms with van der Waals surface area (Å²) in [7, 11) is 0. The Hall–Kier alpha value is -1.81. The van der Waals surface area contributed by atoms with E-state index in [1.165, 1.54) is 5.56 Å². The number of hydrogen-bond acceptors (Lipinski definition) is 2. The number of nitrogens with one attached hydrogen (secondary N) is 1. The van der Waals surface area contributed by atoms with E-state index in [0.29, 0.717) is 5.92 Å². The summed E-state index contributed by atoms with van der Waals surface area (Å²) in [6, 6.07) is 8.21. The number of amides is 1. The average Bonchev–Trinajstić information content (AvgIpc) is 2.72. The lowest BCUT2D eigenvalue weighted by Gasteiger charge is -2.11. The molecule has 0 unspecified atom stereocenters. The van der Waals surface area contributed by atoms with Crippen LogP contribution in [0.15, 0.2) is 30.5 Å². The van der Waals surface area contributed by atoms with Gasteiger partial charge in [-0.2, -0.15) is 0 Å². The highest BCUT2D eigenvalue weighted by Crippen LogP contribution is 2.20. The lowest BCUT2D eigenvalue weighted by molar-refractivity contribution is -0.118. The molecule has 2 aromatic rings. The summed E-state index contributed by atoms with van der Waals surface area (Å²) in [5.74, 6) is 0.305. The van der Waals surface area contributed by atoms with Crippen molar-refractivity contribution in [3.05, 3.63) is 36.0 Å². The van der Waals surface area contributed by atoms with Crippen molar-refractivity contribution >= 4 is 16.8 Å². The maximum absolute atomic E-state index is 11.1. The van der Waals surface area contributed by atoms with E-state index in [4.69, 9.17) is 5.73 Å². The lowest BCUT2D eigenvalue weighted by Crippen LogP contribution is -2.21. The number of fused-ring (bicyclic) bond motifs is 1. The largest absolute Gasteiger partial charge is 0.368 e. The molecule has 0 aliphatic rings. The Morgan fingerprint density at radius 2 is 2.16 bits per heavy atom. The van der Waals surface area contributed by atoms with Gasteiger partial charge in [-0.1, -0.05) is 32.0 Å². The molecular weight excluding hydrogens is 238 g/mol. The zero-order valence-electron chi connectivity index (χ0n) is 11.5. The van der Waals surface area contributed by atoms with Crippen molar-refractivity contribution in [2.75, 3.05) is 6.54 Å². The molecule has 102 valence electrons. The minimum atomic E-state index is -0.317. The van der Waals surface area contributed by atoms with E-state index in [-0.39, 0.29) is 12.5 Å². The van der Waals surface area contributed by atoms with Gasteiger partial charge in [0.2, 0.25) is 5.91 Å². The fourth-order valence-corrected chi connectivity index (χ4v) is 2.28. The van der Waals surface area contributed by atoms with Crippen molar-refractivity contribution in [3.8, 4) is 0 Å². The van der Waals surface area contributed by atoms with Crippen LogP contribution in [0.1, 0.15) is 19.4 Å². The Morgan fingerprint density at radius 1 is 1.37 bits per heavy atom. The molecule has 0 fully saturated rings. The predicted octanol–water partition coefficient (Wildman–Crippen LogP) is 1.87. The van der Waals surface area contributed by atoms with Gasteiger partial charge in [-0.05, 0) is 29.5 Å². The number of benzene rings is 1. The van der Waals surface area contributed by atoms with E-state index in [1.54, 1.807) is 0 Å². The summed E-state index contributed by atoms with van der Waals surface area (Å²) in [5, 5.41) is 4.58. The van der Waals surface area contributed by atoms with Crippen molar-refractivity contribution in [1.29, 1.82) is 0 Å². The maximum atomic E-state index is 11.1. The summed E-state index contributed by atoms with van der Waals surface area (Å²) in [6.45, 7) is 6.38. The van der Waals surface area contributed by atoms with E-state index >= 15 is 0 Å². The number of aromatic nitrogens is 1. The van der Waals surface area contributed by atoms with Crippen molar-refractivity contribution < 1.29 is 4.79 Å². The van der Waals surface area contributed by atoms with Crippen molar-refractivity contribution in [2.45, 2.75) is 26.9 Å². The molecule has 4 heteroatoms. The van der Waals surface area contributed by atoms with Crippen molar-refractivity contribution in [3.63, 3.8) is 0 Å². The lowest BCUT2D eigenvalue weighted by atomic mass is 10.1. The number of rotatable bonds is 6. The smallest absolute Gasteiger partial charge is 0.237 e. The Morgan fingerprint density at radius 3 is 2.84 bits per heavy atom. The number of primary amides is 1. The number of nitrogens with two attached hydrogens (primary N) is 1. The number of nitrogens with zero attached hydrogens (tertiary/aromatic N) is 1. The number of para-hydroxylation sites is 1. The van der Waals surface area contributed by atoms with Crippen LogP contribution in [0.4, 0.5) is 0 Å². The molecule has 19 heavy (non-hydrogen) atoms. The minimum absolute atomic E-state index is 0.227. The van der Waals surface area contributed by atoms with Crippen LogP contribution in [-0.4, -0.2) is 17.0 Å². The van der Waals surface area contributed by atoms with Crippen LogP contribution < -0.4 is 11.1 Å². The number of carbonyl (C=O) groups excluding carboxylic acids is 1. The van der Waals surface area contributed by atoms with Crippen LogP contribution in [0.5, 0.6) is 0 Å². The summed E-state index contributed by atoms with van der Waals surface area (Å²) in [4.78, 5) is 11.1. The molecule has 1 heterocycles. The van der Waals surface area contributed by atoms with E-state index in [2.05, 4.69) is 31.3 Å². The van der Waals surface area contributed by atoms with Gasteiger partial charge < -0.3 is 15.6 Å². The van der Waals surface area contributed by atoms with Crippen LogP contribution in [0, 0.1) is 5.92 Å². The summed E-state index contributed by atoms with van der Waals surface area (Å²) in [5.41, 5.74) is 7.58. The van der Waals surface area contributed by atoms with Gasteiger partial charge in [0.15, 0.2) is 0 Å². The topological polar surface area (TPSA) is 60.1 Å². The zero-order chi connectivity index (χ0) is 13.8. The first-order chi connectivity index (χ1) is 9.08. The molecule has 1 amide bonds. The number of carbonyl (C=O) groups is 1. The van der Waals surface area contributed by atoms with Crippen LogP contribution in [0.2, 0.25) is 0 Å². The molecule has 2 rings (SSSR count). The monoisotopic (exact) mass is 259 g/mol. The molecule has 0 spiro atoms. The first-order valence-corrected chi connectivity index (χ1v) is 6.63. The van der Waals surface area contributed by atoms with E-state index in [1.807, 2.05) is 22.9 Å². The Kier molecular flexibility index (Phi) is 4.22. The predicted molar refractivity (Wildman–Crippen MR) is 77.7 cm³/mol. The highest BCUT2D eigenvalue weighted by Gasteiger charge is 2.08. The van der Waals surface area contributed by atoms with Gasteiger partial charge >= 0.3 is 0 Å². The molecule has 0 saturated carbocycles. The molecule has 0 atom stereocenters. The molecule has 1 aromatic heterocycles. The second kappa shape index (κ2) is 5.89. The third kappa shape index (κ3) is 3.35. The Bertz CT molecular complexity index is 572. The molecule has 1 aromatic carbocycles. The van der Waals surface area contributed by atoms with Gasteiger partial charge in [-0.25, -0.2) is 0 Å². The van der Waals surface area contributed by atoms with Crippen LogP contribution >= 0.6 is 0 Å². The zero-order valence-corrected chi connectivity index (χ0v) is 11.5. The molecule has 0 aliphatic carbocycles. The van der Waals surface area contributed by atoms with Gasteiger partial charge in [0, 0.05) is 12.7 Å². The van der Waals surface area contributed by atoms with Gasteiger partial charge in [-0.3, -0.25) is 4.79 Å². The minimum Gasteiger partial charge on any atom is -0.368 e. The molecule has 3 N–H and O–H groups in total. The fraction of sp³-hybridized carbons (Fsp3) is 0.400. The third-order valence-electron chi connectivity index (χ3n) is 3.07. The summed E-state index contributed by atoms with van der Waals surface area (Å²) < 4.78 is 1.92. The van der Waals surface area contributed by atoms with Crippen LogP contribution in [0.25, 0.3) is 10.9 Å². The highest BCUT2D eigenvalue weighted by atomic mass is 16.1. The van der Waals surface area contributed by atoms with Gasteiger partial charge in [0.1, 0.15) is 6.54 Å². The molecule has 0 aliphatic heterocycles. The normalized spacial score (nSPS) is 11.3. The third-order valence-corrected chi connectivity index (χ3v) is 3.07. The molecule has 4 nitrogen and oxygen atoms in total. The van der Waals surface area contributed by atoms with Gasteiger partial charge in [0.25, 0.3) is 0 Å². The van der Waals surface area contributed by atoms with Crippen LogP contribution in [0.3, 0.4) is 0 Å². The maximum Gasteiger partial charge on any atom is 0.237 e. The SMILES string of the molecule is CC(C)CNCc1cccc2ccn(CC(N)=O)c12. The van der Waals surface area contributed by atoms with Crippen LogP contribution in [-0.2, 0) is 17.9 Å². The van der Waals surface area contributed by atoms with E-state index in [9.17, 15) is 4.79 Å². The second-order valence-electron chi connectivity index (χ2n) is 5.29. The molecule has 0 saturated heterocycles. The average molecular weight is 259 g/mol. The first-order valence-electron chi connectivity index (χ1n) is 6.63. The first kappa shape index (κ1) is 13.6. The summed E-state index contributed by atoms with van der Waals surface area (Å²) >= 11 is 0. The summed E-state index contributed by atoms with van der Waals surface area (Å²) in [6.07, 6.45) is 1.92. The number of hydrogen-bond donors (Lipinski definition) is 2.